The Balaban J connectivity index is 2.71. The van der Waals surface area contributed by atoms with E-state index in [0.29, 0.717) is 18.3 Å². The molecule has 0 spiro atoms. The van der Waals surface area contributed by atoms with Crippen LogP contribution in [-0.4, -0.2) is 33.7 Å². The van der Waals surface area contributed by atoms with Crippen molar-refractivity contribution in [1.29, 1.82) is 0 Å². The minimum absolute atomic E-state index is 0.0665. The Morgan fingerprint density at radius 1 is 1.67 bits per heavy atom. The molecule has 96 valence electrons. The van der Waals surface area contributed by atoms with Crippen LogP contribution >= 0.6 is 0 Å². The molecule has 1 aromatic heterocycles. The van der Waals surface area contributed by atoms with Crippen LogP contribution in [0, 0.1) is 12.3 Å². The number of hydrogen-bond donors (Lipinski definition) is 2. The van der Waals surface area contributed by atoms with E-state index in [2.05, 4.69) is 21.2 Å². The summed E-state index contributed by atoms with van der Waals surface area (Å²) in [5.74, 6) is 1.94. The summed E-state index contributed by atoms with van der Waals surface area (Å²) in [6.45, 7) is 2.51. The van der Waals surface area contributed by atoms with Gasteiger partial charge in [-0.2, -0.15) is 4.98 Å². The van der Waals surface area contributed by atoms with E-state index in [1.54, 1.807) is 0 Å². The maximum atomic E-state index is 10.9. The van der Waals surface area contributed by atoms with Crippen molar-refractivity contribution in [3.8, 4) is 18.2 Å². The number of hydrogen-bond acceptors (Lipinski definition) is 5. The summed E-state index contributed by atoms with van der Waals surface area (Å²) in [6.07, 6.45) is 8.92. The third-order valence-electron chi connectivity index (χ3n) is 2.01. The van der Waals surface area contributed by atoms with Crippen LogP contribution in [0.15, 0.2) is 12.4 Å². The topological polar surface area (TPSA) is 84.3 Å². The Labute approximate surface area is 105 Å². The second-order valence-corrected chi connectivity index (χ2v) is 3.53. The first kappa shape index (κ1) is 13.8. The van der Waals surface area contributed by atoms with Gasteiger partial charge in [0.15, 0.2) is 0 Å². The molecule has 0 aliphatic rings. The van der Waals surface area contributed by atoms with E-state index >= 15 is 0 Å². The van der Waals surface area contributed by atoms with Crippen molar-refractivity contribution in [2.75, 3.05) is 11.9 Å². The number of carboxylic acids is 1. The predicted molar refractivity (Wildman–Crippen MR) is 66.3 cm³/mol. The van der Waals surface area contributed by atoms with E-state index in [0.717, 1.165) is 6.42 Å². The SMILES string of the molecule is C#CCC(Nc1cncc(OCCC)n1)C(=O)O. The number of anilines is 1. The van der Waals surface area contributed by atoms with E-state index in [9.17, 15) is 4.79 Å². The summed E-state index contributed by atoms with van der Waals surface area (Å²) in [5, 5.41) is 11.6. The van der Waals surface area contributed by atoms with E-state index in [-0.39, 0.29) is 6.42 Å². The summed E-state index contributed by atoms with van der Waals surface area (Å²) in [6, 6.07) is -0.884. The summed E-state index contributed by atoms with van der Waals surface area (Å²) in [5.41, 5.74) is 0. The van der Waals surface area contributed by atoms with Crippen LogP contribution < -0.4 is 10.1 Å². The molecule has 6 heteroatoms. The zero-order valence-electron chi connectivity index (χ0n) is 10.1. The lowest BCUT2D eigenvalue weighted by molar-refractivity contribution is -0.137. The Morgan fingerprint density at radius 3 is 3.06 bits per heavy atom. The third kappa shape index (κ3) is 4.29. The minimum Gasteiger partial charge on any atom is -0.480 e. The van der Waals surface area contributed by atoms with Crippen LogP contribution in [0.5, 0.6) is 5.88 Å². The lowest BCUT2D eigenvalue weighted by Gasteiger charge is -2.12. The van der Waals surface area contributed by atoms with Gasteiger partial charge >= 0.3 is 5.97 Å². The molecule has 1 rings (SSSR count). The Hall–Kier alpha value is -2.29. The quantitative estimate of drug-likeness (QED) is 0.705. The molecule has 0 aliphatic carbocycles. The van der Waals surface area contributed by atoms with Gasteiger partial charge in [-0.3, -0.25) is 4.98 Å². The van der Waals surface area contributed by atoms with Gasteiger partial charge < -0.3 is 15.2 Å². The van der Waals surface area contributed by atoms with Gasteiger partial charge in [-0.1, -0.05) is 6.92 Å². The van der Waals surface area contributed by atoms with Crippen LogP contribution in [0.3, 0.4) is 0 Å². The molecule has 0 saturated heterocycles. The summed E-state index contributed by atoms with van der Waals surface area (Å²) < 4.78 is 5.30. The number of aromatic nitrogens is 2. The van der Waals surface area contributed by atoms with Gasteiger partial charge in [0, 0.05) is 6.42 Å². The number of terminal acetylenes is 1. The molecule has 0 aliphatic heterocycles. The summed E-state index contributed by atoms with van der Waals surface area (Å²) in [7, 11) is 0. The van der Waals surface area contributed by atoms with Gasteiger partial charge in [-0.25, -0.2) is 4.79 Å². The van der Waals surface area contributed by atoms with E-state index in [4.69, 9.17) is 16.3 Å². The number of carbonyl (C=O) groups is 1. The monoisotopic (exact) mass is 249 g/mol. The maximum Gasteiger partial charge on any atom is 0.327 e. The molecule has 1 unspecified atom stereocenters. The summed E-state index contributed by atoms with van der Waals surface area (Å²) >= 11 is 0. The first-order chi connectivity index (χ1) is 8.67. The number of carboxylic acid groups (broad SMARTS) is 1. The molecule has 0 radical (unpaired) electrons. The molecule has 0 bridgehead atoms. The normalized spacial score (nSPS) is 11.3. The van der Waals surface area contributed by atoms with Crippen molar-refractivity contribution >= 4 is 11.8 Å². The molecule has 0 aromatic carbocycles. The number of nitrogens with one attached hydrogen (secondary N) is 1. The molecule has 1 heterocycles. The highest BCUT2D eigenvalue weighted by molar-refractivity contribution is 5.77. The van der Waals surface area contributed by atoms with Gasteiger partial charge in [0.05, 0.1) is 19.0 Å². The van der Waals surface area contributed by atoms with Gasteiger partial charge in [0.2, 0.25) is 5.88 Å². The number of rotatable bonds is 7. The molecular weight excluding hydrogens is 234 g/mol. The van der Waals surface area contributed by atoms with Gasteiger partial charge in [0.1, 0.15) is 11.9 Å². The highest BCUT2D eigenvalue weighted by Gasteiger charge is 2.16. The van der Waals surface area contributed by atoms with Gasteiger partial charge in [0.25, 0.3) is 0 Å². The fourth-order valence-corrected chi connectivity index (χ4v) is 1.19. The second-order valence-electron chi connectivity index (χ2n) is 3.53. The van der Waals surface area contributed by atoms with E-state index in [1.807, 2.05) is 6.92 Å². The molecule has 1 aromatic rings. The van der Waals surface area contributed by atoms with Crippen molar-refractivity contribution in [2.24, 2.45) is 0 Å². The standard InChI is InChI=1S/C12H15N3O3/c1-3-5-9(12(16)17)14-10-7-13-8-11(15-10)18-6-4-2/h1,7-9H,4-6H2,2H3,(H,14,15)(H,16,17). The second kappa shape index (κ2) is 7.12. The van der Waals surface area contributed by atoms with E-state index in [1.165, 1.54) is 12.4 Å². The Bertz CT molecular complexity index is 442. The lowest BCUT2D eigenvalue weighted by Crippen LogP contribution is -2.29. The van der Waals surface area contributed by atoms with Crippen LogP contribution in [0.4, 0.5) is 5.82 Å². The first-order valence-corrected chi connectivity index (χ1v) is 5.55. The van der Waals surface area contributed by atoms with Crippen LogP contribution in [0.1, 0.15) is 19.8 Å². The minimum atomic E-state index is -1.03. The molecule has 0 amide bonds. The number of ether oxygens (including phenoxy) is 1. The maximum absolute atomic E-state index is 10.9. The highest BCUT2D eigenvalue weighted by Crippen LogP contribution is 2.11. The average molecular weight is 249 g/mol. The average Bonchev–Trinajstić information content (AvgIpc) is 2.36. The first-order valence-electron chi connectivity index (χ1n) is 5.55. The molecule has 1 atom stereocenters. The van der Waals surface area contributed by atoms with Crippen LogP contribution in [0.25, 0.3) is 0 Å². The van der Waals surface area contributed by atoms with E-state index < -0.39 is 12.0 Å². The lowest BCUT2D eigenvalue weighted by atomic mass is 10.2. The number of nitrogens with zero attached hydrogens (tertiary/aromatic N) is 2. The van der Waals surface area contributed by atoms with Crippen molar-refractivity contribution in [3.05, 3.63) is 12.4 Å². The zero-order valence-corrected chi connectivity index (χ0v) is 10.1. The summed E-state index contributed by atoms with van der Waals surface area (Å²) in [4.78, 5) is 18.9. The third-order valence-corrected chi connectivity index (χ3v) is 2.01. The van der Waals surface area contributed by atoms with Crippen LogP contribution in [-0.2, 0) is 4.79 Å². The smallest absolute Gasteiger partial charge is 0.327 e. The fraction of sp³-hybridized carbons (Fsp3) is 0.417. The Morgan fingerprint density at radius 2 is 2.44 bits per heavy atom. The van der Waals surface area contributed by atoms with Crippen molar-refractivity contribution in [1.82, 2.24) is 9.97 Å². The molecule has 0 saturated carbocycles. The number of aliphatic carboxylic acids is 1. The molecule has 2 N–H and O–H groups in total. The molecule has 18 heavy (non-hydrogen) atoms. The van der Waals surface area contributed by atoms with Crippen molar-refractivity contribution in [3.63, 3.8) is 0 Å². The van der Waals surface area contributed by atoms with Crippen molar-refractivity contribution in [2.45, 2.75) is 25.8 Å². The van der Waals surface area contributed by atoms with Gasteiger partial charge in [-0.15, -0.1) is 12.3 Å². The van der Waals surface area contributed by atoms with Crippen LogP contribution in [0.2, 0.25) is 0 Å². The molecule has 6 nitrogen and oxygen atoms in total. The largest absolute Gasteiger partial charge is 0.480 e. The fourth-order valence-electron chi connectivity index (χ4n) is 1.19. The zero-order chi connectivity index (χ0) is 13.4. The highest BCUT2D eigenvalue weighted by atomic mass is 16.5. The molecular formula is C12H15N3O3. The van der Waals surface area contributed by atoms with Gasteiger partial charge in [-0.05, 0) is 6.42 Å². The molecule has 0 fully saturated rings. The van der Waals surface area contributed by atoms with Crippen molar-refractivity contribution < 1.29 is 14.6 Å². The Kier molecular flexibility index (Phi) is 5.45. The predicted octanol–water partition coefficient (Wildman–Crippen LogP) is 1.15.